The van der Waals surface area contributed by atoms with E-state index in [1.807, 2.05) is 12.3 Å². The minimum absolute atomic E-state index is 0.842. The van der Waals surface area contributed by atoms with Crippen LogP contribution in [0.4, 0.5) is 0 Å². The molecule has 0 bridgehead atoms. The van der Waals surface area contributed by atoms with Crippen LogP contribution < -0.4 is 0 Å². The molecule has 0 amide bonds. The highest BCUT2D eigenvalue weighted by atomic mass is 79.9. The van der Waals surface area contributed by atoms with Gasteiger partial charge in [0.15, 0.2) is 6.29 Å². The van der Waals surface area contributed by atoms with Crippen LogP contribution in [0, 0.1) is 0 Å². The van der Waals surface area contributed by atoms with Crippen molar-refractivity contribution >= 4 is 33.6 Å². The first-order valence-corrected chi connectivity index (χ1v) is 4.68. The van der Waals surface area contributed by atoms with E-state index < -0.39 is 0 Å². The normalized spacial score (nSPS) is 9.80. The Morgan fingerprint density at radius 2 is 2.50 bits per heavy atom. The molecule has 0 aliphatic heterocycles. The monoisotopic (exact) mass is 218 g/mol. The molecular formula is C7H7BrOS. The first-order valence-electron chi connectivity index (χ1n) is 3.00. The van der Waals surface area contributed by atoms with Gasteiger partial charge in [-0.25, -0.2) is 0 Å². The van der Waals surface area contributed by atoms with Crippen LogP contribution in [-0.4, -0.2) is 6.29 Å². The highest BCUT2D eigenvalue weighted by molar-refractivity contribution is 9.10. The molecule has 1 heterocycles. The minimum atomic E-state index is 0.842. The Labute approximate surface area is 72.2 Å². The number of thiophene rings is 1. The lowest BCUT2D eigenvalue weighted by atomic mass is 10.2. The molecule has 10 heavy (non-hydrogen) atoms. The van der Waals surface area contributed by atoms with Crippen LogP contribution in [-0.2, 0) is 6.42 Å². The van der Waals surface area contributed by atoms with Crippen molar-refractivity contribution in [3.63, 3.8) is 0 Å². The largest absolute Gasteiger partial charge is 0.297 e. The van der Waals surface area contributed by atoms with Gasteiger partial charge in [0.1, 0.15) is 0 Å². The fraction of sp³-hybridized carbons (Fsp3) is 0.286. The summed E-state index contributed by atoms with van der Waals surface area (Å²) in [5.74, 6) is 0. The lowest BCUT2D eigenvalue weighted by molar-refractivity contribution is 0.112. The molecule has 1 nitrogen and oxygen atoms in total. The van der Waals surface area contributed by atoms with Crippen molar-refractivity contribution in [2.45, 2.75) is 13.3 Å². The average Bonchev–Trinajstić information content (AvgIpc) is 2.30. The fourth-order valence-electron chi connectivity index (χ4n) is 0.817. The van der Waals surface area contributed by atoms with Crippen LogP contribution in [0.15, 0.2) is 9.85 Å². The predicted octanol–water partition coefficient (Wildman–Crippen LogP) is 2.89. The van der Waals surface area contributed by atoms with E-state index in [4.69, 9.17) is 0 Å². The van der Waals surface area contributed by atoms with E-state index >= 15 is 0 Å². The zero-order valence-corrected chi connectivity index (χ0v) is 7.96. The van der Waals surface area contributed by atoms with Crippen molar-refractivity contribution in [1.29, 1.82) is 0 Å². The molecule has 0 spiro atoms. The van der Waals surface area contributed by atoms with Gasteiger partial charge in [0.05, 0.1) is 4.88 Å². The summed E-state index contributed by atoms with van der Waals surface area (Å²) in [7, 11) is 0. The van der Waals surface area contributed by atoms with Crippen LogP contribution >= 0.6 is 27.3 Å². The maximum absolute atomic E-state index is 10.4. The SMILES string of the molecule is CCc1c(Br)csc1C=O. The van der Waals surface area contributed by atoms with Crippen molar-refractivity contribution in [2.24, 2.45) is 0 Å². The molecule has 0 aromatic carbocycles. The van der Waals surface area contributed by atoms with Gasteiger partial charge >= 0.3 is 0 Å². The van der Waals surface area contributed by atoms with Gasteiger partial charge in [-0.3, -0.25) is 4.79 Å². The summed E-state index contributed by atoms with van der Waals surface area (Å²) < 4.78 is 1.06. The molecule has 0 saturated heterocycles. The van der Waals surface area contributed by atoms with Gasteiger partial charge in [0.2, 0.25) is 0 Å². The van der Waals surface area contributed by atoms with E-state index in [0.717, 1.165) is 27.6 Å². The molecule has 3 heteroatoms. The van der Waals surface area contributed by atoms with Crippen molar-refractivity contribution < 1.29 is 4.79 Å². The van der Waals surface area contributed by atoms with Gasteiger partial charge in [0.25, 0.3) is 0 Å². The first-order chi connectivity index (χ1) is 4.79. The van der Waals surface area contributed by atoms with Gasteiger partial charge < -0.3 is 0 Å². The summed E-state index contributed by atoms with van der Waals surface area (Å²) in [5, 5.41) is 1.95. The number of halogens is 1. The third kappa shape index (κ3) is 1.30. The lowest BCUT2D eigenvalue weighted by Gasteiger charge is -1.91. The average molecular weight is 219 g/mol. The second-order valence-corrected chi connectivity index (χ2v) is 3.66. The van der Waals surface area contributed by atoms with Crippen molar-refractivity contribution in [2.75, 3.05) is 0 Å². The summed E-state index contributed by atoms with van der Waals surface area (Å²) in [6, 6.07) is 0. The Bertz CT molecular complexity index is 242. The molecule has 1 aromatic rings. The van der Waals surface area contributed by atoms with E-state index in [9.17, 15) is 4.79 Å². The third-order valence-electron chi connectivity index (χ3n) is 1.34. The smallest absolute Gasteiger partial charge is 0.160 e. The Kier molecular flexibility index (Phi) is 2.63. The van der Waals surface area contributed by atoms with Crippen LogP contribution in [0.5, 0.6) is 0 Å². The molecule has 0 atom stereocenters. The molecule has 0 fully saturated rings. The van der Waals surface area contributed by atoms with E-state index in [2.05, 4.69) is 15.9 Å². The minimum Gasteiger partial charge on any atom is -0.297 e. The molecule has 0 N–H and O–H groups in total. The van der Waals surface area contributed by atoms with E-state index in [1.165, 1.54) is 11.3 Å². The Morgan fingerprint density at radius 1 is 1.80 bits per heavy atom. The lowest BCUT2D eigenvalue weighted by Crippen LogP contribution is -1.82. The van der Waals surface area contributed by atoms with Crippen molar-refractivity contribution in [1.82, 2.24) is 0 Å². The van der Waals surface area contributed by atoms with E-state index in [1.54, 1.807) is 0 Å². The van der Waals surface area contributed by atoms with Gasteiger partial charge in [-0.2, -0.15) is 0 Å². The number of carbonyl (C=O) groups is 1. The Morgan fingerprint density at radius 3 is 2.90 bits per heavy atom. The zero-order chi connectivity index (χ0) is 7.56. The highest BCUT2D eigenvalue weighted by Gasteiger charge is 2.05. The molecule has 0 aliphatic rings. The number of hydrogen-bond donors (Lipinski definition) is 0. The summed E-state index contributed by atoms with van der Waals surface area (Å²) >= 11 is 4.86. The highest BCUT2D eigenvalue weighted by Crippen LogP contribution is 2.26. The maximum Gasteiger partial charge on any atom is 0.160 e. The fourth-order valence-corrected chi connectivity index (χ4v) is 2.55. The summed E-state index contributed by atoms with van der Waals surface area (Å²) in [6.07, 6.45) is 1.83. The molecule has 0 unspecified atom stereocenters. The van der Waals surface area contributed by atoms with Gasteiger partial charge in [-0.1, -0.05) is 6.92 Å². The summed E-state index contributed by atoms with van der Waals surface area (Å²) in [5.41, 5.74) is 1.13. The zero-order valence-electron chi connectivity index (χ0n) is 5.56. The van der Waals surface area contributed by atoms with Crippen LogP contribution in [0.1, 0.15) is 22.2 Å². The molecule has 0 saturated carbocycles. The number of aldehydes is 1. The van der Waals surface area contributed by atoms with Crippen LogP contribution in [0.3, 0.4) is 0 Å². The topological polar surface area (TPSA) is 17.1 Å². The Balaban J connectivity index is 3.12. The first kappa shape index (κ1) is 7.95. The van der Waals surface area contributed by atoms with Crippen LogP contribution in [0.2, 0.25) is 0 Å². The molecule has 1 aromatic heterocycles. The van der Waals surface area contributed by atoms with E-state index in [-0.39, 0.29) is 0 Å². The maximum atomic E-state index is 10.4. The van der Waals surface area contributed by atoms with Gasteiger partial charge in [-0.15, -0.1) is 11.3 Å². The van der Waals surface area contributed by atoms with E-state index in [0.29, 0.717) is 0 Å². The predicted molar refractivity (Wildman–Crippen MR) is 46.8 cm³/mol. The number of rotatable bonds is 2. The van der Waals surface area contributed by atoms with Crippen LogP contribution in [0.25, 0.3) is 0 Å². The number of hydrogen-bond acceptors (Lipinski definition) is 2. The van der Waals surface area contributed by atoms with Gasteiger partial charge in [0, 0.05) is 9.85 Å². The van der Waals surface area contributed by atoms with Crippen molar-refractivity contribution in [3.8, 4) is 0 Å². The second-order valence-electron chi connectivity index (χ2n) is 1.90. The quantitative estimate of drug-likeness (QED) is 0.699. The summed E-state index contributed by atoms with van der Waals surface area (Å²) in [6.45, 7) is 2.04. The molecule has 0 aliphatic carbocycles. The second kappa shape index (κ2) is 3.30. The molecule has 0 radical (unpaired) electrons. The Hall–Kier alpha value is -0.150. The van der Waals surface area contributed by atoms with Crippen molar-refractivity contribution in [3.05, 3.63) is 20.3 Å². The summed E-state index contributed by atoms with van der Waals surface area (Å²) in [4.78, 5) is 11.2. The molecular weight excluding hydrogens is 212 g/mol. The third-order valence-corrected chi connectivity index (χ3v) is 3.30. The molecule has 54 valence electrons. The molecule has 1 rings (SSSR count). The van der Waals surface area contributed by atoms with Gasteiger partial charge in [-0.05, 0) is 27.9 Å². The number of carbonyl (C=O) groups excluding carboxylic acids is 1. The standard InChI is InChI=1S/C7H7BrOS/c1-2-5-6(8)4-10-7(5)3-9/h3-4H,2H2,1H3.